The molecule has 1 aromatic carbocycles. The van der Waals surface area contributed by atoms with Crippen LogP contribution < -0.4 is 5.32 Å². The molecule has 1 aliphatic rings. The molecule has 1 aromatic rings. The van der Waals surface area contributed by atoms with Crippen LogP contribution in [-0.2, 0) is 14.6 Å². The summed E-state index contributed by atoms with van der Waals surface area (Å²) in [4.78, 5) is 0. The largest absolute Gasteiger partial charge is 0.397 e. The summed E-state index contributed by atoms with van der Waals surface area (Å²) >= 11 is 0. The minimum atomic E-state index is -4.39. The summed E-state index contributed by atoms with van der Waals surface area (Å²) in [5, 5.41) is 3.25. The van der Waals surface area contributed by atoms with Crippen LogP contribution in [0.3, 0.4) is 0 Å². The van der Waals surface area contributed by atoms with Gasteiger partial charge < -0.3 is 5.32 Å². The van der Waals surface area contributed by atoms with E-state index in [4.69, 9.17) is 8.74 Å². The molecular weight excluding hydrogens is 254 g/mol. The van der Waals surface area contributed by atoms with Gasteiger partial charge in [0.2, 0.25) is 0 Å². The molecule has 0 spiro atoms. The molecule has 100 valence electrons. The summed E-state index contributed by atoms with van der Waals surface area (Å²) in [6.45, 7) is 0. The van der Waals surface area contributed by atoms with Gasteiger partial charge in [-0.05, 0) is 25.0 Å². The highest BCUT2D eigenvalue weighted by Gasteiger charge is 2.29. The fourth-order valence-corrected chi connectivity index (χ4v) is 2.82. The molecule has 2 N–H and O–H groups in total. The highest BCUT2D eigenvalue weighted by Crippen LogP contribution is 2.25. The Hall–Kier alpha value is -1.11. The molecule has 1 fully saturated rings. The van der Waals surface area contributed by atoms with E-state index in [0.717, 1.165) is 24.9 Å². The zero-order valence-electron chi connectivity index (χ0n) is 9.95. The molecule has 6 heteroatoms. The topological polar surface area (TPSA) is 75.6 Å². The van der Waals surface area contributed by atoms with Crippen LogP contribution in [0.5, 0.6) is 0 Å². The Morgan fingerprint density at radius 3 is 2.50 bits per heavy atom. The molecule has 0 heterocycles. The minimum absolute atomic E-state index is 0.0944. The van der Waals surface area contributed by atoms with Crippen molar-refractivity contribution < 1.29 is 17.2 Å². The van der Waals surface area contributed by atoms with Gasteiger partial charge in [0.25, 0.3) is 0 Å². The number of hydrogen-bond acceptors (Lipinski definition) is 4. The molecule has 0 saturated heterocycles. The van der Waals surface area contributed by atoms with Crippen LogP contribution in [0.4, 0.5) is 5.69 Å². The normalized spacial score (nSPS) is 24.7. The molecule has 0 radical (unpaired) electrons. The standard InChI is InChI=1S/C12H17NO4S/c14-18(15,16)17-12-9-5-4-8-11(12)13-10-6-2-1-3-7-10/h1-3,6-7,11-13H,4-5,8-9H2,(H,14,15,16)/t11-,12+/m0/s1. The summed E-state index contributed by atoms with van der Waals surface area (Å²) < 4.78 is 35.1. The molecule has 2 rings (SSSR count). The Kier molecular flexibility index (Phi) is 4.21. The zero-order valence-corrected chi connectivity index (χ0v) is 10.8. The molecule has 1 aliphatic carbocycles. The van der Waals surface area contributed by atoms with Gasteiger partial charge in [-0.25, -0.2) is 4.18 Å². The minimum Gasteiger partial charge on any atom is -0.380 e. The molecule has 0 bridgehead atoms. The highest BCUT2D eigenvalue weighted by molar-refractivity contribution is 7.80. The van der Waals surface area contributed by atoms with Crippen molar-refractivity contribution in [3.8, 4) is 0 Å². The van der Waals surface area contributed by atoms with Crippen LogP contribution in [0.2, 0.25) is 0 Å². The van der Waals surface area contributed by atoms with Gasteiger partial charge in [-0.15, -0.1) is 0 Å². The van der Waals surface area contributed by atoms with E-state index in [2.05, 4.69) is 5.32 Å². The first-order chi connectivity index (χ1) is 8.54. The van der Waals surface area contributed by atoms with Gasteiger partial charge in [-0.2, -0.15) is 8.42 Å². The van der Waals surface area contributed by atoms with Crippen molar-refractivity contribution in [2.75, 3.05) is 5.32 Å². The van der Waals surface area contributed by atoms with Crippen LogP contribution in [0.1, 0.15) is 25.7 Å². The zero-order chi connectivity index (χ0) is 13.0. The van der Waals surface area contributed by atoms with Crippen LogP contribution in [0.25, 0.3) is 0 Å². The van der Waals surface area contributed by atoms with E-state index in [0.29, 0.717) is 6.42 Å². The quantitative estimate of drug-likeness (QED) is 0.821. The van der Waals surface area contributed by atoms with Crippen molar-refractivity contribution in [2.45, 2.75) is 37.8 Å². The van der Waals surface area contributed by atoms with Crippen LogP contribution in [0.15, 0.2) is 30.3 Å². The number of nitrogens with one attached hydrogen (secondary N) is 1. The van der Waals surface area contributed by atoms with E-state index in [1.165, 1.54) is 0 Å². The fourth-order valence-electron chi connectivity index (χ4n) is 2.28. The van der Waals surface area contributed by atoms with Gasteiger partial charge in [0.1, 0.15) is 0 Å². The van der Waals surface area contributed by atoms with Crippen LogP contribution in [0, 0.1) is 0 Å². The van der Waals surface area contributed by atoms with Crippen molar-refractivity contribution >= 4 is 16.1 Å². The number of rotatable bonds is 4. The number of anilines is 1. The Bertz CT molecular complexity index is 474. The SMILES string of the molecule is O=S(=O)(O)O[C@@H]1CCCC[C@@H]1Nc1ccccc1. The molecule has 0 unspecified atom stereocenters. The smallest absolute Gasteiger partial charge is 0.380 e. The first kappa shape index (κ1) is 13.3. The van der Waals surface area contributed by atoms with Crippen LogP contribution in [-0.4, -0.2) is 25.1 Å². The second kappa shape index (κ2) is 5.69. The van der Waals surface area contributed by atoms with E-state index >= 15 is 0 Å². The average Bonchev–Trinajstić information content (AvgIpc) is 2.31. The maximum absolute atomic E-state index is 10.8. The second-order valence-electron chi connectivity index (χ2n) is 4.46. The van der Waals surface area contributed by atoms with E-state index in [-0.39, 0.29) is 6.04 Å². The third-order valence-corrected chi connectivity index (χ3v) is 3.56. The van der Waals surface area contributed by atoms with E-state index in [1.54, 1.807) is 0 Å². The molecule has 5 nitrogen and oxygen atoms in total. The third kappa shape index (κ3) is 3.97. The average molecular weight is 271 g/mol. The first-order valence-electron chi connectivity index (χ1n) is 6.02. The van der Waals surface area contributed by atoms with Gasteiger partial charge in [-0.1, -0.05) is 31.0 Å². The van der Waals surface area contributed by atoms with Crippen molar-refractivity contribution in [2.24, 2.45) is 0 Å². The molecule has 18 heavy (non-hydrogen) atoms. The number of benzene rings is 1. The van der Waals surface area contributed by atoms with Gasteiger partial charge in [0.05, 0.1) is 12.1 Å². The van der Waals surface area contributed by atoms with Gasteiger partial charge in [0, 0.05) is 5.69 Å². The van der Waals surface area contributed by atoms with E-state index < -0.39 is 16.5 Å². The first-order valence-corrected chi connectivity index (χ1v) is 7.38. The maximum Gasteiger partial charge on any atom is 0.397 e. The maximum atomic E-state index is 10.8. The number of para-hydroxylation sites is 1. The van der Waals surface area contributed by atoms with Gasteiger partial charge in [-0.3, -0.25) is 4.55 Å². The molecule has 0 amide bonds. The number of hydrogen-bond donors (Lipinski definition) is 2. The van der Waals surface area contributed by atoms with E-state index in [9.17, 15) is 8.42 Å². The Balaban J connectivity index is 2.04. The Morgan fingerprint density at radius 1 is 1.17 bits per heavy atom. The lowest BCUT2D eigenvalue weighted by molar-refractivity contribution is 0.129. The van der Waals surface area contributed by atoms with Gasteiger partial charge in [0.15, 0.2) is 0 Å². The van der Waals surface area contributed by atoms with Crippen molar-refractivity contribution in [1.82, 2.24) is 0 Å². The lowest BCUT2D eigenvalue weighted by atomic mass is 9.92. The fraction of sp³-hybridized carbons (Fsp3) is 0.500. The van der Waals surface area contributed by atoms with Crippen molar-refractivity contribution in [1.29, 1.82) is 0 Å². The van der Waals surface area contributed by atoms with E-state index in [1.807, 2.05) is 30.3 Å². The second-order valence-corrected chi connectivity index (χ2v) is 5.51. The molecule has 2 atom stereocenters. The Labute approximate surface area is 107 Å². The predicted molar refractivity (Wildman–Crippen MR) is 68.7 cm³/mol. The molecular formula is C12H17NO4S. The van der Waals surface area contributed by atoms with Crippen molar-refractivity contribution in [3.05, 3.63) is 30.3 Å². The van der Waals surface area contributed by atoms with Gasteiger partial charge >= 0.3 is 10.4 Å². The summed E-state index contributed by atoms with van der Waals surface area (Å²) in [5.74, 6) is 0. The Morgan fingerprint density at radius 2 is 1.83 bits per heavy atom. The lowest BCUT2D eigenvalue weighted by Gasteiger charge is -2.31. The highest BCUT2D eigenvalue weighted by atomic mass is 32.3. The predicted octanol–water partition coefficient (Wildman–Crippen LogP) is 2.23. The molecule has 1 saturated carbocycles. The summed E-state index contributed by atoms with van der Waals surface area (Å²) in [6.07, 6.45) is 2.89. The summed E-state index contributed by atoms with van der Waals surface area (Å²) in [7, 11) is -4.39. The van der Waals surface area contributed by atoms with Crippen LogP contribution >= 0.6 is 0 Å². The monoisotopic (exact) mass is 271 g/mol. The summed E-state index contributed by atoms with van der Waals surface area (Å²) in [6, 6.07) is 9.47. The molecule has 0 aliphatic heterocycles. The third-order valence-electron chi connectivity index (χ3n) is 3.07. The lowest BCUT2D eigenvalue weighted by Crippen LogP contribution is -2.39. The summed E-state index contributed by atoms with van der Waals surface area (Å²) in [5.41, 5.74) is 0.924. The van der Waals surface area contributed by atoms with Crippen molar-refractivity contribution in [3.63, 3.8) is 0 Å². The molecule has 0 aromatic heterocycles.